The highest BCUT2D eigenvalue weighted by molar-refractivity contribution is 5.56. The van der Waals surface area contributed by atoms with Gasteiger partial charge in [-0.05, 0) is 42.7 Å². The molecule has 3 nitrogen and oxygen atoms in total. The van der Waals surface area contributed by atoms with E-state index in [1.54, 1.807) is 12.3 Å². The average Bonchev–Trinajstić information content (AvgIpc) is 2.66. The number of hydrogen-bond donors (Lipinski definition) is 1. The zero-order chi connectivity index (χ0) is 17.7. The van der Waals surface area contributed by atoms with E-state index < -0.39 is 0 Å². The van der Waals surface area contributed by atoms with Crippen molar-refractivity contribution in [2.75, 3.05) is 5.32 Å². The van der Waals surface area contributed by atoms with Crippen LogP contribution in [0.1, 0.15) is 69.4 Å². The van der Waals surface area contributed by atoms with E-state index in [1.165, 1.54) is 56.9 Å². The van der Waals surface area contributed by atoms with Gasteiger partial charge in [0.1, 0.15) is 11.9 Å². The minimum Gasteiger partial charge on any atom is -0.340 e. The number of rotatable bonds is 11. The maximum absolute atomic E-state index is 8.79. The zero-order valence-corrected chi connectivity index (χ0v) is 15.3. The van der Waals surface area contributed by atoms with E-state index in [0.717, 1.165) is 17.9 Å². The molecule has 0 unspecified atom stereocenters. The molecule has 2 aromatic rings. The van der Waals surface area contributed by atoms with Crippen LogP contribution < -0.4 is 5.32 Å². The Labute approximate surface area is 152 Å². The molecule has 0 spiro atoms. The van der Waals surface area contributed by atoms with E-state index in [1.807, 2.05) is 6.07 Å². The molecule has 0 bridgehead atoms. The third-order valence-corrected chi connectivity index (χ3v) is 4.44. The average molecular weight is 335 g/mol. The first-order valence-corrected chi connectivity index (χ1v) is 9.54. The van der Waals surface area contributed by atoms with Crippen molar-refractivity contribution in [3.05, 3.63) is 53.7 Å². The van der Waals surface area contributed by atoms with Crippen molar-refractivity contribution in [3.63, 3.8) is 0 Å². The molecule has 1 N–H and O–H groups in total. The Balaban J connectivity index is 1.66. The Bertz CT molecular complexity index is 638. The Hall–Kier alpha value is -2.34. The SMILES string of the molecule is CCCCCCCCCCc1ccc(Nc2ccc(C#N)cn2)cc1. The first-order chi connectivity index (χ1) is 12.3. The number of anilines is 2. The monoisotopic (exact) mass is 335 g/mol. The highest BCUT2D eigenvalue weighted by atomic mass is 15.0. The second-order valence-electron chi connectivity index (χ2n) is 6.59. The van der Waals surface area contributed by atoms with Crippen LogP contribution in [-0.2, 0) is 6.42 Å². The molecule has 0 saturated carbocycles. The predicted molar refractivity (Wildman–Crippen MR) is 105 cm³/mol. The highest BCUT2D eigenvalue weighted by Gasteiger charge is 1.99. The Morgan fingerprint density at radius 3 is 2.16 bits per heavy atom. The van der Waals surface area contributed by atoms with E-state index in [9.17, 15) is 0 Å². The molecule has 3 heteroatoms. The van der Waals surface area contributed by atoms with Gasteiger partial charge in [-0.1, -0.05) is 64.0 Å². The number of hydrogen-bond acceptors (Lipinski definition) is 3. The standard InChI is InChI=1S/C22H29N3/c1-2-3-4-5-6-7-8-9-10-19-11-14-21(15-12-19)25-22-16-13-20(17-23)18-24-22/h11-16,18H,2-10H2,1H3,(H,24,25). The van der Waals surface area contributed by atoms with Crippen molar-refractivity contribution in [1.29, 1.82) is 5.26 Å². The van der Waals surface area contributed by atoms with Crippen LogP contribution >= 0.6 is 0 Å². The van der Waals surface area contributed by atoms with E-state index in [0.29, 0.717) is 5.56 Å². The molecule has 0 fully saturated rings. The summed E-state index contributed by atoms with van der Waals surface area (Å²) in [4.78, 5) is 4.23. The summed E-state index contributed by atoms with van der Waals surface area (Å²) in [5, 5.41) is 12.1. The quantitative estimate of drug-likeness (QED) is 0.485. The maximum Gasteiger partial charge on any atom is 0.130 e. The van der Waals surface area contributed by atoms with Crippen LogP contribution in [0, 0.1) is 11.3 Å². The van der Waals surface area contributed by atoms with Crippen molar-refractivity contribution in [2.45, 2.75) is 64.7 Å². The fraction of sp³-hybridized carbons (Fsp3) is 0.455. The summed E-state index contributed by atoms with van der Waals surface area (Å²) in [5.74, 6) is 0.759. The molecule has 1 aromatic carbocycles. The van der Waals surface area contributed by atoms with Crippen molar-refractivity contribution in [1.82, 2.24) is 4.98 Å². The van der Waals surface area contributed by atoms with Crippen LogP contribution in [0.5, 0.6) is 0 Å². The molecule has 0 aliphatic carbocycles. The molecule has 0 radical (unpaired) electrons. The summed E-state index contributed by atoms with van der Waals surface area (Å²) in [6, 6.07) is 14.2. The molecule has 2 rings (SSSR count). The van der Waals surface area contributed by atoms with Crippen LogP contribution in [0.2, 0.25) is 0 Å². The van der Waals surface area contributed by atoms with Gasteiger partial charge in [-0.3, -0.25) is 0 Å². The highest BCUT2D eigenvalue weighted by Crippen LogP contribution is 2.17. The van der Waals surface area contributed by atoms with Crippen molar-refractivity contribution in [2.24, 2.45) is 0 Å². The lowest BCUT2D eigenvalue weighted by molar-refractivity contribution is 0.575. The Morgan fingerprint density at radius 1 is 0.880 bits per heavy atom. The fourth-order valence-electron chi connectivity index (χ4n) is 2.90. The van der Waals surface area contributed by atoms with Gasteiger partial charge >= 0.3 is 0 Å². The summed E-state index contributed by atoms with van der Waals surface area (Å²) in [7, 11) is 0. The number of aromatic nitrogens is 1. The Morgan fingerprint density at radius 2 is 1.56 bits per heavy atom. The summed E-state index contributed by atoms with van der Waals surface area (Å²) >= 11 is 0. The van der Waals surface area contributed by atoms with Crippen molar-refractivity contribution < 1.29 is 0 Å². The largest absolute Gasteiger partial charge is 0.340 e. The summed E-state index contributed by atoms with van der Waals surface area (Å²) in [5.41, 5.74) is 2.99. The van der Waals surface area contributed by atoms with Crippen LogP contribution in [0.25, 0.3) is 0 Å². The molecule has 1 heterocycles. The van der Waals surface area contributed by atoms with Gasteiger partial charge in [0.15, 0.2) is 0 Å². The van der Waals surface area contributed by atoms with Crippen molar-refractivity contribution in [3.8, 4) is 6.07 Å². The first kappa shape index (κ1) is 19.0. The third kappa shape index (κ3) is 7.39. The molecule has 0 atom stereocenters. The first-order valence-electron chi connectivity index (χ1n) is 9.54. The minimum absolute atomic E-state index is 0.575. The summed E-state index contributed by atoms with van der Waals surface area (Å²) in [6.45, 7) is 2.27. The number of nitriles is 1. The second kappa shape index (κ2) is 11.3. The van der Waals surface area contributed by atoms with Crippen LogP contribution in [0.15, 0.2) is 42.6 Å². The lowest BCUT2D eigenvalue weighted by Gasteiger charge is -2.07. The lowest BCUT2D eigenvalue weighted by Crippen LogP contribution is -1.94. The number of aryl methyl sites for hydroxylation is 1. The smallest absolute Gasteiger partial charge is 0.130 e. The maximum atomic E-state index is 8.79. The molecule has 0 aliphatic heterocycles. The molecule has 0 saturated heterocycles. The molecule has 0 amide bonds. The summed E-state index contributed by atoms with van der Waals surface area (Å²) < 4.78 is 0. The number of benzene rings is 1. The van der Waals surface area contributed by atoms with Gasteiger partial charge in [0.2, 0.25) is 0 Å². The van der Waals surface area contributed by atoms with Crippen molar-refractivity contribution >= 4 is 11.5 Å². The van der Waals surface area contributed by atoms with E-state index in [-0.39, 0.29) is 0 Å². The van der Waals surface area contributed by atoms with Crippen LogP contribution in [-0.4, -0.2) is 4.98 Å². The molecule has 1 aromatic heterocycles. The predicted octanol–water partition coefficient (Wildman–Crippen LogP) is 6.38. The van der Waals surface area contributed by atoms with Gasteiger partial charge in [-0.15, -0.1) is 0 Å². The minimum atomic E-state index is 0.575. The summed E-state index contributed by atoms with van der Waals surface area (Å²) in [6.07, 6.45) is 13.6. The van der Waals surface area contributed by atoms with E-state index in [4.69, 9.17) is 5.26 Å². The second-order valence-corrected chi connectivity index (χ2v) is 6.59. The van der Waals surface area contributed by atoms with Gasteiger partial charge in [0, 0.05) is 11.9 Å². The van der Waals surface area contributed by atoms with Gasteiger partial charge in [-0.2, -0.15) is 5.26 Å². The van der Waals surface area contributed by atoms with E-state index >= 15 is 0 Å². The van der Waals surface area contributed by atoms with Crippen LogP contribution in [0.4, 0.5) is 11.5 Å². The van der Waals surface area contributed by atoms with Gasteiger partial charge in [0.25, 0.3) is 0 Å². The molecule has 25 heavy (non-hydrogen) atoms. The van der Waals surface area contributed by atoms with E-state index in [2.05, 4.69) is 47.6 Å². The van der Waals surface area contributed by atoms with Gasteiger partial charge < -0.3 is 5.32 Å². The molecular weight excluding hydrogens is 306 g/mol. The van der Waals surface area contributed by atoms with Gasteiger partial charge in [-0.25, -0.2) is 4.98 Å². The number of nitrogens with zero attached hydrogens (tertiary/aromatic N) is 2. The topological polar surface area (TPSA) is 48.7 Å². The number of pyridine rings is 1. The molecular formula is C22H29N3. The molecule has 0 aliphatic rings. The lowest BCUT2D eigenvalue weighted by atomic mass is 10.0. The molecule has 132 valence electrons. The number of nitrogens with one attached hydrogen (secondary N) is 1. The van der Waals surface area contributed by atoms with Crippen LogP contribution in [0.3, 0.4) is 0 Å². The fourth-order valence-corrected chi connectivity index (χ4v) is 2.90. The van der Waals surface area contributed by atoms with Gasteiger partial charge in [0.05, 0.1) is 5.56 Å². The third-order valence-electron chi connectivity index (χ3n) is 4.44. The Kier molecular flexibility index (Phi) is 8.55. The zero-order valence-electron chi connectivity index (χ0n) is 15.3. The number of unbranched alkanes of at least 4 members (excludes halogenated alkanes) is 7. The normalized spacial score (nSPS) is 10.4.